The van der Waals surface area contributed by atoms with Crippen LogP contribution in [-0.4, -0.2) is 23.3 Å². The molecule has 1 atom stereocenters. The number of aryl methyl sites for hydroxylation is 1. The highest BCUT2D eigenvalue weighted by Crippen LogP contribution is 2.45. The van der Waals surface area contributed by atoms with E-state index in [0.29, 0.717) is 61.4 Å². The van der Waals surface area contributed by atoms with E-state index in [9.17, 15) is 14.4 Å². The summed E-state index contributed by atoms with van der Waals surface area (Å²) in [4.78, 5) is 46.7. The van der Waals surface area contributed by atoms with Crippen LogP contribution in [0.3, 0.4) is 0 Å². The van der Waals surface area contributed by atoms with E-state index in [4.69, 9.17) is 13.9 Å². The van der Waals surface area contributed by atoms with Crippen molar-refractivity contribution >= 4 is 55.1 Å². The highest BCUT2D eigenvalue weighted by molar-refractivity contribution is 9.10. The zero-order valence-corrected chi connectivity index (χ0v) is 25.4. The molecule has 0 radical (unpaired) electrons. The van der Waals surface area contributed by atoms with Crippen LogP contribution in [0.2, 0.25) is 0 Å². The van der Waals surface area contributed by atoms with Crippen molar-refractivity contribution in [3.8, 4) is 11.5 Å². The van der Waals surface area contributed by atoms with Crippen LogP contribution in [0.4, 0.5) is 5.13 Å². The Morgan fingerprint density at radius 3 is 2.55 bits per heavy atom. The van der Waals surface area contributed by atoms with Crippen LogP contribution in [0.15, 0.2) is 80.4 Å². The fourth-order valence-corrected chi connectivity index (χ4v) is 6.44. The molecule has 0 aliphatic carbocycles. The van der Waals surface area contributed by atoms with Crippen LogP contribution in [-0.2, 0) is 6.61 Å². The number of fused-ring (bicyclic) bond motifs is 2. The molecule has 0 bridgehead atoms. The Morgan fingerprint density at radius 2 is 1.83 bits per heavy atom. The summed E-state index contributed by atoms with van der Waals surface area (Å²) < 4.78 is 18.8. The lowest BCUT2D eigenvalue weighted by atomic mass is 9.98. The van der Waals surface area contributed by atoms with Gasteiger partial charge in [-0.05, 0) is 55.3 Å². The highest BCUT2D eigenvalue weighted by atomic mass is 79.9. The molecular weight excluding hydrogens is 620 g/mol. The molecule has 1 aliphatic rings. The summed E-state index contributed by atoms with van der Waals surface area (Å²) in [6, 6.07) is 19.3. The first-order valence-corrected chi connectivity index (χ1v) is 14.9. The van der Waals surface area contributed by atoms with Crippen molar-refractivity contribution in [2.24, 2.45) is 0 Å². The monoisotopic (exact) mass is 644 g/mol. The molecule has 10 heteroatoms. The number of thiazole rings is 1. The first-order chi connectivity index (χ1) is 20.3. The fourth-order valence-electron chi connectivity index (χ4n) is 5.09. The third-order valence-electron chi connectivity index (χ3n) is 6.96. The largest absolute Gasteiger partial charge is 0.490 e. The Bertz CT molecular complexity index is 1920. The molecule has 6 rings (SSSR count). The van der Waals surface area contributed by atoms with Gasteiger partial charge in [-0.25, -0.2) is 4.98 Å². The van der Waals surface area contributed by atoms with Gasteiger partial charge in [0.2, 0.25) is 5.76 Å². The van der Waals surface area contributed by atoms with Crippen LogP contribution in [0.1, 0.15) is 62.5 Å². The van der Waals surface area contributed by atoms with E-state index in [1.807, 2.05) is 37.3 Å². The van der Waals surface area contributed by atoms with Gasteiger partial charge in [0.15, 0.2) is 27.8 Å². The lowest BCUT2D eigenvalue weighted by molar-refractivity contribution is 0.0969. The maximum absolute atomic E-state index is 14.0. The molecule has 0 saturated heterocycles. The number of aromatic nitrogens is 1. The van der Waals surface area contributed by atoms with Gasteiger partial charge in [-0.1, -0.05) is 63.7 Å². The molecule has 1 amide bonds. The summed E-state index contributed by atoms with van der Waals surface area (Å²) in [5.74, 6) is 0.279. The number of hydrogen-bond donors (Lipinski definition) is 0. The average molecular weight is 646 g/mol. The lowest BCUT2D eigenvalue weighted by Gasteiger charge is -2.23. The van der Waals surface area contributed by atoms with Gasteiger partial charge < -0.3 is 13.9 Å². The fraction of sp³-hybridized carbons (Fsp3) is 0.188. The Labute approximate surface area is 253 Å². The summed E-state index contributed by atoms with van der Waals surface area (Å²) in [7, 11) is 0. The summed E-state index contributed by atoms with van der Waals surface area (Å²) >= 11 is 4.54. The summed E-state index contributed by atoms with van der Waals surface area (Å²) in [5, 5.41) is 0.640. The van der Waals surface area contributed by atoms with E-state index in [0.717, 1.165) is 16.9 Å². The Hall–Kier alpha value is -4.28. The number of halogens is 1. The zero-order valence-electron chi connectivity index (χ0n) is 23.0. The number of carbonyl (C=O) groups excluding carboxylic acids is 2. The minimum absolute atomic E-state index is 0.0561. The van der Waals surface area contributed by atoms with E-state index >= 15 is 0 Å². The van der Waals surface area contributed by atoms with Crippen molar-refractivity contribution in [3.05, 3.63) is 114 Å². The van der Waals surface area contributed by atoms with Gasteiger partial charge in [-0.2, -0.15) is 0 Å². The van der Waals surface area contributed by atoms with Gasteiger partial charge in [0, 0.05) is 11.4 Å². The smallest absolute Gasteiger partial charge is 0.297 e. The number of ether oxygens (including phenoxy) is 2. The predicted molar refractivity (Wildman–Crippen MR) is 164 cm³/mol. The quantitative estimate of drug-likeness (QED) is 0.164. The maximum Gasteiger partial charge on any atom is 0.297 e. The van der Waals surface area contributed by atoms with E-state index in [1.165, 1.54) is 11.8 Å². The topological polar surface area (TPSA) is 98.9 Å². The molecule has 3 aromatic carbocycles. The van der Waals surface area contributed by atoms with Gasteiger partial charge >= 0.3 is 0 Å². The Kier molecular flexibility index (Phi) is 7.42. The van der Waals surface area contributed by atoms with Crippen LogP contribution in [0.25, 0.3) is 11.0 Å². The first kappa shape index (κ1) is 27.9. The van der Waals surface area contributed by atoms with E-state index in [2.05, 4.69) is 20.9 Å². The Balaban J connectivity index is 1.52. The first-order valence-electron chi connectivity index (χ1n) is 13.3. The number of carbonyl (C=O) groups is 2. The number of rotatable bonds is 8. The standard InChI is InChI=1S/C32H25BrN2O6S/c1-4-39-25-14-20(10-12-24(25)40-16-19-8-6-5-7-9-19)27-26-28(37)22-15-21(33)11-13-23(22)41-29(26)31(38)35(27)32-34-17(2)30(42-32)18(3)36/h5-15,27H,4,16H2,1-3H3. The van der Waals surface area contributed by atoms with Crippen molar-refractivity contribution in [2.75, 3.05) is 11.5 Å². The number of amides is 1. The van der Waals surface area contributed by atoms with E-state index < -0.39 is 11.9 Å². The van der Waals surface area contributed by atoms with Crippen molar-refractivity contribution in [1.29, 1.82) is 0 Å². The molecule has 0 fully saturated rings. The lowest BCUT2D eigenvalue weighted by Crippen LogP contribution is -2.29. The summed E-state index contributed by atoms with van der Waals surface area (Å²) in [5.41, 5.74) is 2.30. The molecule has 1 unspecified atom stereocenters. The minimum atomic E-state index is -0.875. The second-order valence-corrected chi connectivity index (χ2v) is 11.7. The zero-order chi connectivity index (χ0) is 29.5. The molecule has 1 aliphatic heterocycles. The van der Waals surface area contributed by atoms with Gasteiger partial charge in [-0.15, -0.1) is 0 Å². The summed E-state index contributed by atoms with van der Waals surface area (Å²) in [6.45, 7) is 5.77. The van der Waals surface area contributed by atoms with E-state index in [-0.39, 0.29) is 22.5 Å². The molecule has 3 heterocycles. The van der Waals surface area contributed by atoms with Crippen molar-refractivity contribution in [3.63, 3.8) is 0 Å². The second kappa shape index (κ2) is 11.2. The molecule has 42 heavy (non-hydrogen) atoms. The number of benzene rings is 3. The van der Waals surface area contributed by atoms with Crippen LogP contribution >= 0.6 is 27.3 Å². The third-order valence-corrected chi connectivity index (χ3v) is 8.71. The molecule has 212 valence electrons. The van der Waals surface area contributed by atoms with Crippen molar-refractivity contribution in [1.82, 2.24) is 4.98 Å². The van der Waals surface area contributed by atoms with E-state index in [1.54, 1.807) is 43.3 Å². The van der Waals surface area contributed by atoms with Crippen LogP contribution in [0, 0.1) is 6.92 Å². The highest BCUT2D eigenvalue weighted by Gasteiger charge is 2.45. The van der Waals surface area contributed by atoms with Gasteiger partial charge in [0.25, 0.3) is 5.91 Å². The molecule has 0 saturated carbocycles. The Morgan fingerprint density at radius 1 is 1.05 bits per heavy atom. The number of nitrogens with zero attached hydrogens (tertiary/aromatic N) is 2. The molecule has 8 nitrogen and oxygen atoms in total. The molecule has 2 aromatic heterocycles. The maximum atomic E-state index is 14.0. The normalized spacial score (nSPS) is 14.3. The second-order valence-electron chi connectivity index (χ2n) is 9.77. The molecular formula is C32H25BrN2O6S. The minimum Gasteiger partial charge on any atom is -0.490 e. The molecule has 5 aromatic rings. The van der Waals surface area contributed by atoms with Crippen molar-refractivity contribution in [2.45, 2.75) is 33.4 Å². The predicted octanol–water partition coefficient (Wildman–Crippen LogP) is 7.25. The van der Waals surface area contributed by atoms with Gasteiger partial charge in [0.05, 0.1) is 34.2 Å². The van der Waals surface area contributed by atoms with Crippen molar-refractivity contribution < 1.29 is 23.5 Å². The van der Waals surface area contributed by atoms with Crippen LogP contribution < -0.4 is 19.8 Å². The number of ketones is 1. The average Bonchev–Trinajstić information content (AvgIpc) is 3.50. The van der Waals surface area contributed by atoms with Gasteiger partial charge in [0.1, 0.15) is 12.2 Å². The number of Topliss-reactive ketones (excluding diaryl/α,β-unsaturated/α-hetero) is 1. The molecule has 0 spiro atoms. The van der Waals surface area contributed by atoms with Gasteiger partial charge in [-0.3, -0.25) is 19.3 Å². The number of hydrogen-bond acceptors (Lipinski definition) is 8. The summed E-state index contributed by atoms with van der Waals surface area (Å²) in [6.07, 6.45) is 0. The number of anilines is 1. The molecule has 0 N–H and O–H groups in total. The SMILES string of the molecule is CCOc1cc(C2c3c(oc4ccc(Br)cc4c3=O)C(=O)N2c2nc(C)c(C(C)=O)s2)ccc1OCc1ccccc1. The van der Waals surface area contributed by atoms with Crippen LogP contribution in [0.5, 0.6) is 11.5 Å². The third kappa shape index (κ3) is 4.90.